The summed E-state index contributed by atoms with van der Waals surface area (Å²) >= 11 is 0. The van der Waals surface area contributed by atoms with E-state index in [1.54, 1.807) is 19.6 Å². The molecule has 1 aromatic rings. The van der Waals surface area contributed by atoms with E-state index in [0.717, 1.165) is 12.1 Å². The molecule has 120 valence electrons. The summed E-state index contributed by atoms with van der Waals surface area (Å²) in [7, 11) is 1.69. The second kappa shape index (κ2) is 7.45. The van der Waals surface area contributed by atoms with E-state index in [0.29, 0.717) is 6.61 Å². The molecule has 2 atom stereocenters. The molecule has 0 aliphatic heterocycles. The maximum absolute atomic E-state index is 11.8. The molecule has 6 nitrogen and oxygen atoms in total. The standard InChI is InChI=1S/C15H27N3O3/c1-11(7-8-20-6)18-10-16-9-13(18)12(2)17-14(19)21-15(3,4)5/h9-12H,7-8H2,1-6H3,(H,17,19)/t11?,12-/m0/s1. The zero-order valence-corrected chi connectivity index (χ0v) is 13.8. The molecule has 1 N–H and O–H groups in total. The van der Waals surface area contributed by atoms with Gasteiger partial charge in [0.15, 0.2) is 0 Å². The van der Waals surface area contributed by atoms with Gasteiger partial charge >= 0.3 is 6.09 Å². The summed E-state index contributed by atoms with van der Waals surface area (Å²) in [6, 6.07) is 0.0812. The van der Waals surface area contributed by atoms with E-state index in [2.05, 4.69) is 21.8 Å². The van der Waals surface area contributed by atoms with Crippen molar-refractivity contribution in [1.82, 2.24) is 14.9 Å². The van der Waals surface area contributed by atoms with E-state index in [1.165, 1.54) is 0 Å². The number of nitrogens with zero attached hydrogens (tertiary/aromatic N) is 2. The molecule has 21 heavy (non-hydrogen) atoms. The molecular formula is C15H27N3O3. The number of ether oxygens (including phenoxy) is 2. The van der Waals surface area contributed by atoms with Crippen LogP contribution < -0.4 is 5.32 Å². The predicted molar refractivity (Wildman–Crippen MR) is 81.2 cm³/mol. The van der Waals surface area contributed by atoms with E-state index in [1.807, 2.05) is 27.7 Å². The van der Waals surface area contributed by atoms with Crippen molar-refractivity contribution in [3.05, 3.63) is 18.2 Å². The van der Waals surface area contributed by atoms with Gasteiger partial charge in [0.2, 0.25) is 0 Å². The van der Waals surface area contributed by atoms with Crippen molar-refractivity contribution < 1.29 is 14.3 Å². The SMILES string of the molecule is COCCC(C)n1cncc1[C@H](C)NC(=O)OC(C)(C)C. The Morgan fingerprint density at radius 2 is 2.10 bits per heavy atom. The van der Waals surface area contributed by atoms with E-state index in [4.69, 9.17) is 9.47 Å². The Bertz CT molecular complexity index is 451. The molecule has 0 aliphatic carbocycles. The van der Waals surface area contributed by atoms with Crippen LogP contribution in [-0.4, -0.2) is 35.0 Å². The normalized spacial score (nSPS) is 14.6. The first-order valence-electron chi connectivity index (χ1n) is 7.24. The van der Waals surface area contributed by atoms with Crippen LogP contribution in [0.25, 0.3) is 0 Å². The molecule has 1 amide bonds. The highest BCUT2D eigenvalue weighted by Gasteiger charge is 2.21. The van der Waals surface area contributed by atoms with Crippen LogP contribution in [0.3, 0.4) is 0 Å². The molecule has 0 saturated heterocycles. The van der Waals surface area contributed by atoms with Gasteiger partial charge in [0.25, 0.3) is 0 Å². The van der Waals surface area contributed by atoms with Crippen molar-refractivity contribution in [2.24, 2.45) is 0 Å². The number of amides is 1. The van der Waals surface area contributed by atoms with Crippen LogP contribution in [0.2, 0.25) is 0 Å². The first-order valence-corrected chi connectivity index (χ1v) is 7.24. The fourth-order valence-corrected chi connectivity index (χ4v) is 2.00. The topological polar surface area (TPSA) is 65.4 Å². The average Bonchev–Trinajstić information content (AvgIpc) is 2.82. The minimum absolute atomic E-state index is 0.174. The largest absolute Gasteiger partial charge is 0.444 e. The van der Waals surface area contributed by atoms with Gasteiger partial charge < -0.3 is 19.4 Å². The minimum Gasteiger partial charge on any atom is -0.444 e. The van der Waals surface area contributed by atoms with Gasteiger partial charge in [0.05, 0.1) is 24.3 Å². The Morgan fingerprint density at radius 1 is 1.43 bits per heavy atom. The van der Waals surface area contributed by atoms with Crippen LogP contribution in [0.4, 0.5) is 4.79 Å². The monoisotopic (exact) mass is 297 g/mol. The van der Waals surface area contributed by atoms with Gasteiger partial charge in [-0.15, -0.1) is 0 Å². The molecule has 0 aliphatic rings. The van der Waals surface area contributed by atoms with E-state index < -0.39 is 11.7 Å². The molecule has 1 unspecified atom stereocenters. The summed E-state index contributed by atoms with van der Waals surface area (Å²) in [5.74, 6) is 0. The van der Waals surface area contributed by atoms with Gasteiger partial charge in [-0.3, -0.25) is 0 Å². The second-order valence-electron chi connectivity index (χ2n) is 6.22. The van der Waals surface area contributed by atoms with Crippen molar-refractivity contribution in [2.75, 3.05) is 13.7 Å². The summed E-state index contributed by atoms with van der Waals surface area (Å²) in [5.41, 5.74) is 0.444. The van der Waals surface area contributed by atoms with Gasteiger partial charge in [-0.25, -0.2) is 9.78 Å². The number of alkyl carbamates (subject to hydrolysis) is 1. The molecule has 0 fully saturated rings. The second-order valence-corrected chi connectivity index (χ2v) is 6.22. The lowest BCUT2D eigenvalue weighted by molar-refractivity contribution is 0.0505. The highest BCUT2D eigenvalue weighted by Crippen LogP contribution is 2.20. The fraction of sp³-hybridized carbons (Fsp3) is 0.733. The predicted octanol–water partition coefficient (Wildman–Crippen LogP) is 3.07. The van der Waals surface area contributed by atoms with Crippen LogP contribution in [0.5, 0.6) is 0 Å². The van der Waals surface area contributed by atoms with Gasteiger partial charge in [-0.05, 0) is 41.0 Å². The Labute approximate surface area is 126 Å². The molecule has 0 radical (unpaired) electrons. The third-order valence-corrected chi connectivity index (χ3v) is 3.09. The van der Waals surface area contributed by atoms with E-state index in [-0.39, 0.29) is 12.1 Å². The van der Waals surface area contributed by atoms with Crippen molar-refractivity contribution >= 4 is 6.09 Å². The van der Waals surface area contributed by atoms with Crippen molar-refractivity contribution in [3.63, 3.8) is 0 Å². The van der Waals surface area contributed by atoms with Crippen LogP contribution in [0.15, 0.2) is 12.5 Å². The minimum atomic E-state index is -0.504. The van der Waals surface area contributed by atoms with Gasteiger partial charge in [-0.2, -0.15) is 0 Å². The molecule has 0 aromatic carbocycles. The average molecular weight is 297 g/mol. The number of rotatable bonds is 6. The number of carbonyl (C=O) groups excluding carboxylic acids is 1. The number of methoxy groups -OCH3 is 1. The lowest BCUT2D eigenvalue weighted by Crippen LogP contribution is -2.34. The van der Waals surface area contributed by atoms with Gasteiger partial charge in [0, 0.05) is 19.8 Å². The zero-order chi connectivity index (χ0) is 16.0. The third kappa shape index (κ3) is 5.75. The molecule has 0 bridgehead atoms. The summed E-state index contributed by atoms with van der Waals surface area (Å²) in [6.07, 6.45) is 4.01. The Morgan fingerprint density at radius 3 is 2.67 bits per heavy atom. The number of aromatic nitrogens is 2. The van der Waals surface area contributed by atoms with Crippen LogP contribution in [0, 0.1) is 0 Å². The molecule has 1 heterocycles. The number of hydrogen-bond acceptors (Lipinski definition) is 4. The quantitative estimate of drug-likeness (QED) is 0.876. The zero-order valence-electron chi connectivity index (χ0n) is 13.8. The third-order valence-electron chi connectivity index (χ3n) is 3.09. The Kier molecular flexibility index (Phi) is 6.20. The van der Waals surface area contributed by atoms with E-state index >= 15 is 0 Å². The summed E-state index contributed by atoms with van der Waals surface area (Å²) in [5, 5.41) is 2.84. The van der Waals surface area contributed by atoms with Gasteiger partial charge in [0.1, 0.15) is 5.60 Å². The molecule has 0 spiro atoms. The number of imidazole rings is 1. The first-order chi connectivity index (χ1) is 9.74. The molecule has 1 rings (SSSR count). The fourth-order valence-electron chi connectivity index (χ4n) is 2.00. The summed E-state index contributed by atoms with van der Waals surface area (Å²) in [6.45, 7) is 10.2. The first kappa shape index (κ1) is 17.5. The lowest BCUT2D eigenvalue weighted by Gasteiger charge is -2.23. The number of nitrogens with one attached hydrogen (secondary N) is 1. The van der Waals surface area contributed by atoms with Gasteiger partial charge in [-0.1, -0.05) is 0 Å². The summed E-state index contributed by atoms with van der Waals surface area (Å²) in [4.78, 5) is 16.0. The Hall–Kier alpha value is -1.56. The van der Waals surface area contributed by atoms with Crippen LogP contribution >= 0.6 is 0 Å². The van der Waals surface area contributed by atoms with Crippen molar-refractivity contribution in [2.45, 2.75) is 58.7 Å². The van der Waals surface area contributed by atoms with E-state index in [9.17, 15) is 4.79 Å². The molecule has 0 saturated carbocycles. The Balaban J connectivity index is 2.68. The van der Waals surface area contributed by atoms with Crippen LogP contribution in [0.1, 0.15) is 58.8 Å². The highest BCUT2D eigenvalue weighted by atomic mass is 16.6. The lowest BCUT2D eigenvalue weighted by atomic mass is 10.2. The molecule has 1 aromatic heterocycles. The number of hydrogen-bond donors (Lipinski definition) is 1. The highest BCUT2D eigenvalue weighted by molar-refractivity contribution is 5.68. The van der Waals surface area contributed by atoms with Crippen molar-refractivity contribution in [3.8, 4) is 0 Å². The van der Waals surface area contributed by atoms with Crippen LogP contribution in [-0.2, 0) is 9.47 Å². The maximum Gasteiger partial charge on any atom is 0.408 e. The molecular weight excluding hydrogens is 270 g/mol. The molecule has 6 heteroatoms. The maximum atomic E-state index is 11.8. The smallest absolute Gasteiger partial charge is 0.408 e. The number of carbonyl (C=O) groups is 1. The van der Waals surface area contributed by atoms with Crippen molar-refractivity contribution in [1.29, 1.82) is 0 Å². The summed E-state index contributed by atoms with van der Waals surface area (Å²) < 4.78 is 12.4.